The normalized spacial score (nSPS) is 12.1. The molecule has 318 valence electrons. The highest BCUT2D eigenvalue weighted by molar-refractivity contribution is 7.26. The van der Waals surface area contributed by atoms with Gasteiger partial charge in [-0.25, -0.2) is 15.0 Å². The van der Waals surface area contributed by atoms with E-state index < -0.39 is 0 Å². The summed E-state index contributed by atoms with van der Waals surface area (Å²) in [6.07, 6.45) is 0. The zero-order valence-electron chi connectivity index (χ0n) is 38.5. The van der Waals surface area contributed by atoms with Gasteiger partial charge in [0.25, 0.3) is 0 Å². The molecule has 5 aromatic heterocycles. The predicted molar refractivity (Wildman–Crippen MR) is 308 cm³/mol. The SMILES string of the molecule is Bc1c(B)c(B)c(-c2cccc3c2oc2cccc(-c4ccc5oc6cccc(-c7nc(-c8ccc9c(c8)sc8ccccc89)nc(-c8ccc9c(c8)sc8ccccc89)n7)c6c5c4)c23)c(B)c1B. The number of aromatic nitrogens is 3. The van der Waals surface area contributed by atoms with Gasteiger partial charge in [0.1, 0.15) is 61.6 Å². The quantitative estimate of drug-likeness (QED) is 0.164. The number of thiophene rings is 2. The van der Waals surface area contributed by atoms with Crippen molar-refractivity contribution in [3.8, 4) is 56.4 Å². The van der Waals surface area contributed by atoms with E-state index in [4.69, 9.17) is 23.8 Å². The van der Waals surface area contributed by atoms with Crippen LogP contribution in [0.15, 0.2) is 167 Å². The number of benzene rings is 9. The first-order valence-electron chi connectivity index (χ1n) is 23.3. The summed E-state index contributed by atoms with van der Waals surface area (Å²) in [5.74, 6) is 1.83. The maximum absolute atomic E-state index is 6.87. The van der Waals surface area contributed by atoms with Gasteiger partial charge in [-0.3, -0.25) is 0 Å². The highest BCUT2D eigenvalue weighted by Crippen LogP contribution is 2.44. The highest BCUT2D eigenvalue weighted by atomic mass is 32.1. The fourth-order valence-electron chi connectivity index (χ4n) is 10.9. The molecule has 0 aliphatic rings. The molecule has 0 radical (unpaired) electrons. The van der Waals surface area contributed by atoms with Crippen LogP contribution in [-0.4, -0.2) is 54.2 Å². The summed E-state index contributed by atoms with van der Waals surface area (Å²) in [5.41, 5.74) is 17.2. The molecule has 12 heteroatoms. The fraction of sp³-hybridized carbons (Fsp3) is 0. The smallest absolute Gasteiger partial charge is 0.164 e. The van der Waals surface area contributed by atoms with Crippen molar-refractivity contribution in [2.24, 2.45) is 0 Å². The monoisotopic (exact) mass is 913 g/mol. The maximum Gasteiger partial charge on any atom is 0.164 e. The number of rotatable bonds is 5. The lowest BCUT2D eigenvalue weighted by atomic mass is 9.59. The van der Waals surface area contributed by atoms with E-state index in [2.05, 4.69) is 185 Å². The molecule has 0 bridgehead atoms. The number of para-hydroxylation sites is 1. The van der Waals surface area contributed by atoms with Gasteiger partial charge in [-0.2, -0.15) is 0 Å². The second-order valence-electron chi connectivity index (χ2n) is 18.4. The molecule has 0 saturated heterocycles. The standard InChI is InChI=1S/C57H36B5N3O2S2/c58-49-48(50(59)52(61)53(62)51(49)60)36-12-5-11-35-46-30(10-6-15-41(46)67-54(35)36)27-20-23-39-38(24-27)47-37(13-7-14-40(47)66-39)57-64-55(28-18-21-33-31-8-1-3-16-42(31)68-44(33)25-28)63-56(65-57)29-19-22-34-32-9-2-4-17-43(32)69-45(34)26-29/h1-26H,58-62H2. The van der Waals surface area contributed by atoms with Crippen LogP contribution in [0.25, 0.3) is 141 Å². The Kier molecular flexibility index (Phi) is 8.89. The summed E-state index contributed by atoms with van der Waals surface area (Å²) >= 11 is 3.59. The van der Waals surface area contributed by atoms with Crippen LogP contribution in [0.5, 0.6) is 0 Å². The number of nitrogens with zero attached hydrogens (tertiary/aromatic N) is 3. The Bertz CT molecular complexity index is 4370. The molecule has 5 heterocycles. The lowest BCUT2D eigenvalue weighted by Crippen LogP contribution is -2.55. The summed E-state index contributed by atoms with van der Waals surface area (Å²) in [5, 5.41) is 9.12. The molecular formula is C57H36B5N3O2S2. The minimum Gasteiger partial charge on any atom is -0.456 e. The van der Waals surface area contributed by atoms with Gasteiger partial charge in [-0.1, -0.05) is 120 Å². The van der Waals surface area contributed by atoms with Crippen LogP contribution in [0, 0.1) is 0 Å². The number of hydrogen-bond acceptors (Lipinski definition) is 7. The van der Waals surface area contributed by atoms with Gasteiger partial charge < -0.3 is 8.83 Å². The first-order chi connectivity index (χ1) is 33.8. The summed E-state index contributed by atoms with van der Waals surface area (Å²) < 4.78 is 18.4. The van der Waals surface area contributed by atoms with E-state index in [1.54, 1.807) is 22.7 Å². The summed E-state index contributed by atoms with van der Waals surface area (Å²) in [6.45, 7) is 0. The second kappa shape index (κ2) is 15.2. The highest BCUT2D eigenvalue weighted by Gasteiger charge is 2.23. The zero-order valence-corrected chi connectivity index (χ0v) is 40.1. The Balaban J connectivity index is 0.961. The molecule has 69 heavy (non-hydrogen) atoms. The first-order valence-corrected chi connectivity index (χ1v) is 25.0. The lowest BCUT2D eigenvalue weighted by Gasteiger charge is -2.20. The Labute approximate surface area is 408 Å². The van der Waals surface area contributed by atoms with Crippen LogP contribution in [-0.2, 0) is 0 Å². The molecule has 0 amide bonds. The van der Waals surface area contributed by atoms with E-state index in [1.807, 2.05) is 12.1 Å². The minimum absolute atomic E-state index is 0.587. The van der Waals surface area contributed by atoms with Crippen LogP contribution in [0.1, 0.15) is 0 Å². The average Bonchev–Trinajstić information content (AvgIpc) is 4.17. The van der Waals surface area contributed by atoms with E-state index in [1.165, 1.54) is 73.2 Å². The number of furan rings is 2. The van der Waals surface area contributed by atoms with Crippen molar-refractivity contribution in [3.63, 3.8) is 0 Å². The molecule has 0 saturated carbocycles. The first kappa shape index (κ1) is 40.4. The van der Waals surface area contributed by atoms with Crippen molar-refractivity contribution >= 4 is 173 Å². The third kappa shape index (κ3) is 6.11. The molecular weight excluding hydrogens is 877 g/mol. The van der Waals surface area contributed by atoms with Gasteiger partial charge >= 0.3 is 0 Å². The molecule has 5 nitrogen and oxygen atoms in total. The minimum atomic E-state index is 0.587. The average molecular weight is 913 g/mol. The summed E-state index contributed by atoms with van der Waals surface area (Å²) in [7, 11) is 11.2. The zero-order chi connectivity index (χ0) is 46.2. The van der Waals surface area contributed by atoms with Gasteiger partial charge in [0, 0.05) is 84.1 Å². The van der Waals surface area contributed by atoms with E-state index >= 15 is 0 Å². The molecule has 14 aromatic rings. The molecule has 9 aromatic carbocycles. The molecule has 0 N–H and O–H groups in total. The van der Waals surface area contributed by atoms with Gasteiger partial charge in [-0.15, -0.1) is 39.1 Å². The third-order valence-electron chi connectivity index (χ3n) is 14.7. The van der Waals surface area contributed by atoms with Gasteiger partial charge in [-0.05, 0) is 65.2 Å². The second-order valence-corrected chi connectivity index (χ2v) is 20.5. The van der Waals surface area contributed by atoms with Crippen LogP contribution in [0.2, 0.25) is 0 Å². The largest absolute Gasteiger partial charge is 0.456 e. The molecule has 0 aliphatic carbocycles. The van der Waals surface area contributed by atoms with Crippen molar-refractivity contribution in [1.29, 1.82) is 0 Å². The Morgan fingerprint density at radius 2 is 0.826 bits per heavy atom. The van der Waals surface area contributed by atoms with Crippen LogP contribution in [0.4, 0.5) is 0 Å². The maximum atomic E-state index is 6.87. The van der Waals surface area contributed by atoms with E-state index in [9.17, 15) is 0 Å². The van der Waals surface area contributed by atoms with Crippen LogP contribution in [0.3, 0.4) is 0 Å². The summed E-state index contributed by atoms with van der Waals surface area (Å²) in [4.78, 5) is 15.9. The van der Waals surface area contributed by atoms with Gasteiger partial charge in [0.15, 0.2) is 17.5 Å². The molecule has 0 aliphatic heterocycles. The van der Waals surface area contributed by atoms with Crippen molar-refractivity contribution < 1.29 is 8.83 Å². The molecule has 0 fully saturated rings. The Morgan fingerprint density at radius 3 is 1.48 bits per heavy atom. The Hall–Kier alpha value is -7.65. The van der Waals surface area contributed by atoms with E-state index in [-0.39, 0.29) is 0 Å². The molecule has 0 unspecified atom stereocenters. The number of fused-ring (bicyclic) bond motifs is 12. The van der Waals surface area contributed by atoms with Crippen molar-refractivity contribution in [2.75, 3.05) is 0 Å². The van der Waals surface area contributed by atoms with Crippen LogP contribution >= 0.6 is 22.7 Å². The van der Waals surface area contributed by atoms with Gasteiger partial charge in [0.2, 0.25) is 0 Å². The topological polar surface area (TPSA) is 65.0 Å². The number of hydrogen-bond donors (Lipinski definition) is 0. The molecule has 0 spiro atoms. The lowest BCUT2D eigenvalue weighted by molar-refractivity contribution is 0.669. The van der Waals surface area contributed by atoms with Crippen molar-refractivity contribution in [3.05, 3.63) is 158 Å². The van der Waals surface area contributed by atoms with Crippen LogP contribution < -0.4 is 27.3 Å². The van der Waals surface area contributed by atoms with Gasteiger partial charge in [0.05, 0.1) is 0 Å². The Morgan fingerprint density at radius 1 is 0.333 bits per heavy atom. The fourth-order valence-corrected chi connectivity index (χ4v) is 13.1. The van der Waals surface area contributed by atoms with E-state index in [0.29, 0.717) is 17.5 Å². The summed E-state index contributed by atoms with van der Waals surface area (Å²) in [6, 6.07) is 56.0. The third-order valence-corrected chi connectivity index (χ3v) is 17.0. The molecule has 14 rings (SSSR count). The van der Waals surface area contributed by atoms with Crippen molar-refractivity contribution in [1.82, 2.24) is 15.0 Å². The van der Waals surface area contributed by atoms with Crippen molar-refractivity contribution in [2.45, 2.75) is 0 Å². The predicted octanol–water partition coefficient (Wildman–Crippen LogP) is 8.03. The molecule has 0 atom stereocenters. The van der Waals surface area contributed by atoms with E-state index in [0.717, 1.165) is 77.3 Å².